The van der Waals surface area contributed by atoms with Crippen LogP contribution in [0.25, 0.3) is 0 Å². The van der Waals surface area contributed by atoms with E-state index in [1.807, 2.05) is 24.3 Å². The molecule has 1 rings (SSSR count). The second-order valence-corrected chi connectivity index (χ2v) is 8.19. The van der Waals surface area contributed by atoms with Crippen molar-refractivity contribution in [1.29, 1.82) is 0 Å². The summed E-state index contributed by atoms with van der Waals surface area (Å²) in [5, 5.41) is 4.08. The van der Waals surface area contributed by atoms with Crippen molar-refractivity contribution in [2.75, 3.05) is 18.1 Å². The van der Waals surface area contributed by atoms with Gasteiger partial charge in [0, 0.05) is 23.4 Å². The minimum atomic E-state index is -2.94. The van der Waals surface area contributed by atoms with Gasteiger partial charge in [0.25, 0.3) is 0 Å². The minimum Gasteiger partial charge on any atom is -0.314 e. The summed E-state index contributed by atoms with van der Waals surface area (Å²) in [5.74, 6) is 0.520. The highest BCUT2D eigenvalue weighted by Gasteiger charge is 2.18. The summed E-state index contributed by atoms with van der Waals surface area (Å²) in [6.45, 7) is 6.58. The molecule has 0 radical (unpaired) electrons. The van der Waals surface area contributed by atoms with Gasteiger partial charge in [0.15, 0.2) is 0 Å². The standard InChI is InChI=1S/C15H24ClNO2S/c1-4-20(18,19)10-9-13(11-17-12(2)3)14-7-5-6-8-15(14)16/h5-8,12-13,17H,4,9-11H2,1-3H3. The molecule has 0 saturated carbocycles. The van der Waals surface area contributed by atoms with Gasteiger partial charge in [-0.05, 0) is 24.0 Å². The Hall–Kier alpha value is -0.580. The van der Waals surface area contributed by atoms with Gasteiger partial charge in [0.05, 0.1) is 5.75 Å². The summed E-state index contributed by atoms with van der Waals surface area (Å²) in [7, 11) is -2.94. The number of halogens is 1. The fourth-order valence-corrected chi connectivity index (χ4v) is 3.24. The van der Waals surface area contributed by atoms with Crippen molar-refractivity contribution in [2.45, 2.75) is 39.2 Å². The molecule has 1 aromatic carbocycles. The maximum absolute atomic E-state index is 11.7. The van der Waals surface area contributed by atoms with Crippen LogP contribution >= 0.6 is 11.6 Å². The molecule has 114 valence electrons. The lowest BCUT2D eigenvalue weighted by Gasteiger charge is -2.20. The maximum atomic E-state index is 11.7. The number of nitrogens with one attached hydrogen (secondary N) is 1. The van der Waals surface area contributed by atoms with Crippen molar-refractivity contribution in [1.82, 2.24) is 5.32 Å². The van der Waals surface area contributed by atoms with E-state index in [4.69, 9.17) is 11.6 Å². The van der Waals surface area contributed by atoms with Crippen LogP contribution in [0.5, 0.6) is 0 Å². The molecule has 0 spiro atoms. The smallest absolute Gasteiger partial charge is 0.150 e. The lowest BCUT2D eigenvalue weighted by atomic mass is 9.96. The van der Waals surface area contributed by atoms with Crippen molar-refractivity contribution < 1.29 is 8.42 Å². The van der Waals surface area contributed by atoms with Gasteiger partial charge in [-0.3, -0.25) is 0 Å². The molecule has 0 heterocycles. The van der Waals surface area contributed by atoms with Gasteiger partial charge in [-0.25, -0.2) is 8.42 Å². The second kappa shape index (κ2) is 8.01. The van der Waals surface area contributed by atoms with E-state index < -0.39 is 9.84 Å². The molecule has 0 saturated heterocycles. The summed E-state index contributed by atoms with van der Waals surface area (Å²) in [5.41, 5.74) is 1.02. The molecule has 0 aromatic heterocycles. The first-order chi connectivity index (χ1) is 9.35. The zero-order valence-corrected chi connectivity index (χ0v) is 14.0. The number of hydrogen-bond donors (Lipinski definition) is 1. The van der Waals surface area contributed by atoms with E-state index in [9.17, 15) is 8.42 Å². The zero-order valence-electron chi connectivity index (χ0n) is 12.4. The summed E-state index contributed by atoms with van der Waals surface area (Å²) in [6, 6.07) is 8.03. The number of benzene rings is 1. The van der Waals surface area contributed by atoms with Gasteiger partial charge in [0.2, 0.25) is 0 Å². The Morgan fingerprint density at radius 1 is 1.25 bits per heavy atom. The highest BCUT2D eigenvalue weighted by atomic mass is 35.5. The third-order valence-corrected chi connectivity index (χ3v) is 5.42. The Balaban J connectivity index is 2.83. The van der Waals surface area contributed by atoms with Gasteiger partial charge in [-0.15, -0.1) is 0 Å². The third-order valence-electron chi connectivity index (χ3n) is 3.33. The second-order valence-electron chi connectivity index (χ2n) is 5.31. The van der Waals surface area contributed by atoms with Crippen molar-refractivity contribution >= 4 is 21.4 Å². The van der Waals surface area contributed by atoms with Crippen LogP contribution in [0.4, 0.5) is 0 Å². The molecule has 20 heavy (non-hydrogen) atoms. The van der Waals surface area contributed by atoms with Gasteiger partial charge in [-0.1, -0.05) is 50.6 Å². The normalized spacial score (nSPS) is 13.7. The van der Waals surface area contributed by atoms with E-state index in [2.05, 4.69) is 19.2 Å². The molecule has 1 unspecified atom stereocenters. The SMILES string of the molecule is CCS(=O)(=O)CCC(CNC(C)C)c1ccccc1Cl. The van der Waals surface area contributed by atoms with Crippen molar-refractivity contribution in [3.63, 3.8) is 0 Å². The average Bonchev–Trinajstić information content (AvgIpc) is 2.40. The molecule has 0 bridgehead atoms. The maximum Gasteiger partial charge on any atom is 0.150 e. The molecule has 0 aliphatic heterocycles. The number of hydrogen-bond acceptors (Lipinski definition) is 3. The van der Waals surface area contributed by atoms with Crippen molar-refractivity contribution in [2.24, 2.45) is 0 Å². The van der Waals surface area contributed by atoms with Crippen LogP contribution in [-0.4, -0.2) is 32.5 Å². The molecule has 0 amide bonds. The Morgan fingerprint density at radius 3 is 2.45 bits per heavy atom. The molecular formula is C15H24ClNO2S. The fourth-order valence-electron chi connectivity index (χ4n) is 2.02. The van der Waals surface area contributed by atoms with E-state index in [1.165, 1.54) is 0 Å². The Labute approximate surface area is 127 Å². The lowest BCUT2D eigenvalue weighted by molar-refractivity contribution is 0.517. The molecule has 1 N–H and O–H groups in total. The van der Waals surface area contributed by atoms with Crippen LogP contribution in [0.15, 0.2) is 24.3 Å². The largest absolute Gasteiger partial charge is 0.314 e. The molecule has 0 fully saturated rings. The monoisotopic (exact) mass is 317 g/mol. The highest BCUT2D eigenvalue weighted by Crippen LogP contribution is 2.27. The summed E-state index contributed by atoms with van der Waals surface area (Å²) >= 11 is 6.24. The van der Waals surface area contributed by atoms with Gasteiger partial charge >= 0.3 is 0 Å². The summed E-state index contributed by atoms with van der Waals surface area (Å²) < 4.78 is 23.4. The van der Waals surface area contributed by atoms with Crippen molar-refractivity contribution in [3.8, 4) is 0 Å². The minimum absolute atomic E-state index is 0.118. The van der Waals surface area contributed by atoms with Crippen LogP contribution < -0.4 is 5.32 Å². The molecule has 0 aliphatic carbocycles. The van der Waals surface area contributed by atoms with Crippen LogP contribution in [-0.2, 0) is 9.84 Å². The van der Waals surface area contributed by atoms with E-state index in [0.717, 1.165) is 12.1 Å². The molecule has 1 aromatic rings. The Morgan fingerprint density at radius 2 is 1.90 bits per heavy atom. The van der Waals surface area contributed by atoms with Gasteiger partial charge in [-0.2, -0.15) is 0 Å². The van der Waals surface area contributed by atoms with Crippen LogP contribution in [0.2, 0.25) is 5.02 Å². The molecule has 3 nitrogen and oxygen atoms in total. The first-order valence-corrected chi connectivity index (χ1v) is 9.24. The van der Waals surface area contributed by atoms with E-state index >= 15 is 0 Å². The summed E-state index contributed by atoms with van der Waals surface area (Å²) in [4.78, 5) is 0. The number of rotatable bonds is 8. The Kier molecular flexibility index (Phi) is 7.00. The van der Waals surface area contributed by atoms with Crippen LogP contribution in [0.1, 0.15) is 38.7 Å². The van der Waals surface area contributed by atoms with E-state index in [0.29, 0.717) is 17.5 Å². The number of sulfone groups is 1. The molecule has 0 aliphatic rings. The third kappa shape index (κ3) is 5.81. The molecule has 1 atom stereocenters. The first-order valence-electron chi connectivity index (χ1n) is 7.04. The summed E-state index contributed by atoms with van der Waals surface area (Å²) in [6.07, 6.45) is 0.597. The quantitative estimate of drug-likeness (QED) is 0.800. The molecular weight excluding hydrogens is 294 g/mol. The lowest BCUT2D eigenvalue weighted by Crippen LogP contribution is -2.29. The van der Waals surface area contributed by atoms with Gasteiger partial charge < -0.3 is 5.32 Å². The van der Waals surface area contributed by atoms with Gasteiger partial charge in [0.1, 0.15) is 9.84 Å². The van der Waals surface area contributed by atoms with Crippen molar-refractivity contribution in [3.05, 3.63) is 34.9 Å². The topological polar surface area (TPSA) is 46.2 Å². The van der Waals surface area contributed by atoms with E-state index in [-0.39, 0.29) is 17.4 Å². The predicted molar refractivity (Wildman–Crippen MR) is 86.3 cm³/mol. The predicted octanol–water partition coefficient (Wildman–Crippen LogP) is 3.25. The fraction of sp³-hybridized carbons (Fsp3) is 0.600. The molecule has 5 heteroatoms. The highest BCUT2D eigenvalue weighted by molar-refractivity contribution is 7.91. The van der Waals surface area contributed by atoms with Crippen LogP contribution in [0.3, 0.4) is 0 Å². The average molecular weight is 318 g/mol. The first kappa shape index (κ1) is 17.5. The Bertz CT molecular complexity index is 514. The van der Waals surface area contributed by atoms with E-state index in [1.54, 1.807) is 6.92 Å². The zero-order chi connectivity index (χ0) is 15.2. The van der Waals surface area contributed by atoms with Crippen LogP contribution in [0, 0.1) is 0 Å².